The van der Waals surface area contributed by atoms with Gasteiger partial charge in [0.2, 0.25) is 0 Å². The third-order valence-electron chi connectivity index (χ3n) is 3.30. The van der Waals surface area contributed by atoms with Gasteiger partial charge in [-0.1, -0.05) is 6.07 Å². The standard InChI is InChI=1S/C15H22N2O4/c1-3-19-13-6-4-5-12(16)14(13)15(18)21-10-11-9-17(2)7-8-20-11/h4-6,11H,3,7-10,16H2,1-2H3. The van der Waals surface area contributed by atoms with Crippen molar-refractivity contribution in [3.05, 3.63) is 23.8 Å². The summed E-state index contributed by atoms with van der Waals surface area (Å²) in [7, 11) is 2.01. The van der Waals surface area contributed by atoms with Crippen molar-refractivity contribution in [2.24, 2.45) is 0 Å². The summed E-state index contributed by atoms with van der Waals surface area (Å²) in [5, 5.41) is 0. The third-order valence-corrected chi connectivity index (χ3v) is 3.30. The molecular weight excluding hydrogens is 272 g/mol. The monoisotopic (exact) mass is 294 g/mol. The average Bonchev–Trinajstić information content (AvgIpc) is 2.45. The lowest BCUT2D eigenvalue weighted by Gasteiger charge is -2.29. The van der Waals surface area contributed by atoms with E-state index in [1.807, 2.05) is 14.0 Å². The van der Waals surface area contributed by atoms with Crippen molar-refractivity contribution < 1.29 is 19.0 Å². The molecule has 0 spiro atoms. The van der Waals surface area contributed by atoms with Crippen LogP contribution in [0.15, 0.2) is 18.2 Å². The van der Waals surface area contributed by atoms with Crippen LogP contribution in [-0.4, -0.2) is 56.9 Å². The van der Waals surface area contributed by atoms with Crippen LogP contribution in [0.3, 0.4) is 0 Å². The maximum absolute atomic E-state index is 12.2. The van der Waals surface area contributed by atoms with Crippen molar-refractivity contribution in [3.8, 4) is 5.75 Å². The summed E-state index contributed by atoms with van der Waals surface area (Å²) in [4.78, 5) is 14.4. The lowest BCUT2D eigenvalue weighted by Crippen LogP contribution is -2.42. The van der Waals surface area contributed by atoms with Crippen molar-refractivity contribution in [1.29, 1.82) is 0 Å². The molecule has 0 aromatic heterocycles. The van der Waals surface area contributed by atoms with Crippen LogP contribution in [0.4, 0.5) is 5.69 Å². The molecular formula is C15H22N2O4. The Bertz CT molecular complexity index is 493. The van der Waals surface area contributed by atoms with Crippen LogP contribution in [0.1, 0.15) is 17.3 Å². The Morgan fingerprint density at radius 2 is 2.33 bits per heavy atom. The predicted molar refractivity (Wildman–Crippen MR) is 79.5 cm³/mol. The molecule has 0 bridgehead atoms. The zero-order valence-electron chi connectivity index (χ0n) is 12.5. The van der Waals surface area contributed by atoms with E-state index in [4.69, 9.17) is 19.9 Å². The highest BCUT2D eigenvalue weighted by Crippen LogP contribution is 2.25. The van der Waals surface area contributed by atoms with Gasteiger partial charge in [0.1, 0.15) is 24.0 Å². The van der Waals surface area contributed by atoms with Crippen LogP contribution in [0, 0.1) is 0 Å². The van der Waals surface area contributed by atoms with Crippen molar-refractivity contribution in [3.63, 3.8) is 0 Å². The molecule has 1 heterocycles. The number of benzene rings is 1. The first kappa shape index (κ1) is 15.6. The van der Waals surface area contributed by atoms with Crippen LogP contribution in [0.25, 0.3) is 0 Å². The molecule has 0 aliphatic carbocycles. The van der Waals surface area contributed by atoms with Crippen molar-refractivity contribution in [2.45, 2.75) is 13.0 Å². The van der Waals surface area contributed by atoms with Crippen molar-refractivity contribution in [1.82, 2.24) is 4.90 Å². The molecule has 1 aromatic rings. The van der Waals surface area contributed by atoms with E-state index in [2.05, 4.69) is 4.90 Å². The number of morpholine rings is 1. The number of carbonyl (C=O) groups excluding carboxylic acids is 1. The Morgan fingerprint density at radius 1 is 1.52 bits per heavy atom. The van der Waals surface area contributed by atoms with Crippen LogP contribution in [-0.2, 0) is 9.47 Å². The lowest BCUT2D eigenvalue weighted by atomic mass is 10.1. The Kier molecular flexibility index (Phi) is 5.41. The normalized spacial score (nSPS) is 19.2. The lowest BCUT2D eigenvalue weighted by molar-refractivity contribution is -0.0528. The topological polar surface area (TPSA) is 74.0 Å². The van der Waals surface area contributed by atoms with Gasteiger partial charge in [-0.05, 0) is 26.1 Å². The van der Waals surface area contributed by atoms with E-state index in [1.54, 1.807) is 18.2 Å². The summed E-state index contributed by atoms with van der Waals surface area (Å²) < 4.78 is 16.3. The molecule has 21 heavy (non-hydrogen) atoms. The highest BCUT2D eigenvalue weighted by atomic mass is 16.6. The Hall–Kier alpha value is -1.79. The number of esters is 1. The predicted octanol–water partition coefficient (Wildman–Crippen LogP) is 1.15. The minimum atomic E-state index is -0.478. The highest BCUT2D eigenvalue weighted by molar-refractivity contribution is 5.98. The molecule has 1 aliphatic rings. The minimum Gasteiger partial charge on any atom is -0.493 e. The molecule has 1 aromatic carbocycles. The number of nitrogen functional groups attached to an aromatic ring is 1. The minimum absolute atomic E-state index is 0.104. The van der Waals surface area contributed by atoms with Gasteiger partial charge in [0.25, 0.3) is 0 Å². The molecule has 116 valence electrons. The van der Waals surface area contributed by atoms with E-state index in [9.17, 15) is 4.79 Å². The molecule has 1 saturated heterocycles. The van der Waals surface area contributed by atoms with E-state index < -0.39 is 5.97 Å². The first-order valence-corrected chi connectivity index (χ1v) is 7.10. The van der Waals surface area contributed by atoms with Gasteiger partial charge in [0.05, 0.1) is 13.2 Å². The fourth-order valence-electron chi connectivity index (χ4n) is 2.25. The largest absolute Gasteiger partial charge is 0.493 e. The van der Waals surface area contributed by atoms with Crippen LogP contribution < -0.4 is 10.5 Å². The molecule has 0 amide bonds. The van der Waals surface area contributed by atoms with Crippen molar-refractivity contribution in [2.75, 3.05) is 45.7 Å². The van der Waals surface area contributed by atoms with E-state index >= 15 is 0 Å². The number of nitrogens with zero attached hydrogens (tertiary/aromatic N) is 1. The number of nitrogens with two attached hydrogens (primary N) is 1. The smallest absolute Gasteiger partial charge is 0.344 e. The van der Waals surface area contributed by atoms with Crippen LogP contribution >= 0.6 is 0 Å². The van der Waals surface area contributed by atoms with Crippen LogP contribution in [0.5, 0.6) is 5.75 Å². The van der Waals surface area contributed by atoms with E-state index in [-0.39, 0.29) is 18.3 Å². The fraction of sp³-hybridized carbons (Fsp3) is 0.533. The maximum Gasteiger partial charge on any atom is 0.344 e. The zero-order chi connectivity index (χ0) is 15.2. The van der Waals surface area contributed by atoms with Gasteiger partial charge in [-0.3, -0.25) is 0 Å². The van der Waals surface area contributed by atoms with Gasteiger partial charge in [0, 0.05) is 18.8 Å². The molecule has 6 heteroatoms. The van der Waals surface area contributed by atoms with Gasteiger partial charge < -0.3 is 24.8 Å². The summed E-state index contributed by atoms with van der Waals surface area (Å²) in [6.45, 7) is 4.81. The van der Waals surface area contributed by atoms with Gasteiger partial charge in [0.15, 0.2) is 0 Å². The second kappa shape index (κ2) is 7.28. The molecule has 0 saturated carbocycles. The maximum atomic E-state index is 12.2. The summed E-state index contributed by atoms with van der Waals surface area (Å²) in [5.41, 5.74) is 6.50. The summed E-state index contributed by atoms with van der Waals surface area (Å²) in [5.74, 6) is -0.0300. The van der Waals surface area contributed by atoms with Gasteiger partial charge >= 0.3 is 5.97 Å². The molecule has 1 aliphatic heterocycles. The van der Waals surface area contributed by atoms with E-state index in [0.717, 1.165) is 13.1 Å². The Balaban J connectivity index is 2.00. The summed E-state index contributed by atoms with van der Waals surface area (Å²) in [6.07, 6.45) is -0.104. The third kappa shape index (κ3) is 4.09. The molecule has 2 rings (SSSR count). The second-order valence-electron chi connectivity index (χ2n) is 5.01. The number of hydrogen-bond acceptors (Lipinski definition) is 6. The molecule has 1 atom stereocenters. The van der Waals surface area contributed by atoms with Crippen molar-refractivity contribution >= 4 is 11.7 Å². The Morgan fingerprint density at radius 3 is 3.05 bits per heavy atom. The van der Waals surface area contributed by atoms with Gasteiger partial charge in [-0.2, -0.15) is 0 Å². The average molecular weight is 294 g/mol. The molecule has 0 radical (unpaired) electrons. The molecule has 1 unspecified atom stereocenters. The number of hydrogen-bond donors (Lipinski definition) is 1. The summed E-state index contributed by atoms with van der Waals surface area (Å²) in [6, 6.07) is 5.11. The van der Waals surface area contributed by atoms with E-state index in [1.165, 1.54) is 0 Å². The zero-order valence-corrected chi connectivity index (χ0v) is 12.5. The number of carbonyl (C=O) groups is 1. The number of rotatable bonds is 5. The molecule has 2 N–H and O–H groups in total. The summed E-state index contributed by atoms with van der Waals surface area (Å²) >= 11 is 0. The van der Waals surface area contributed by atoms with Crippen LogP contribution in [0.2, 0.25) is 0 Å². The number of likely N-dealkylation sites (N-methyl/N-ethyl adjacent to an activating group) is 1. The first-order valence-electron chi connectivity index (χ1n) is 7.10. The van der Waals surface area contributed by atoms with Gasteiger partial charge in [-0.25, -0.2) is 4.79 Å². The molecule has 1 fully saturated rings. The molecule has 6 nitrogen and oxygen atoms in total. The SMILES string of the molecule is CCOc1cccc(N)c1C(=O)OCC1CN(C)CCO1. The number of ether oxygens (including phenoxy) is 3. The second-order valence-corrected chi connectivity index (χ2v) is 5.01. The fourth-order valence-corrected chi connectivity index (χ4v) is 2.25. The Labute approximate surface area is 124 Å². The van der Waals surface area contributed by atoms with Gasteiger partial charge in [-0.15, -0.1) is 0 Å². The highest BCUT2D eigenvalue weighted by Gasteiger charge is 2.22. The first-order chi connectivity index (χ1) is 10.1. The quantitative estimate of drug-likeness (QED) is 0.649. The number of anilines is 1. The van der Waals surface area contributed by atoms with E-state index in [0.29, 0.717) is 24.7 Å².